The molecule has 0 fully saturated rings. The van der Waals surface area contributed by atoms with Crippen LogP contribution in [0.2, 0.25) is 0 Å². The summed E-state index contributed by atoms with van der Waals surface area (Å²) in [4.78, 5) is 0. The Hall–Kier alpha value is 0.177. The van der Waals surface area contributed by atoms with Crippen LogP contribution in [0.1, 0.15) is 20.3 Å². The molecule has 0 saturated carbocycles. The zero-order valence-electron chi connectivity index (χ0n) is 4.90. The Morgan fingerprint density at radius 3 is 2.29 bits per heavy atom. The van der Waals surface area contributed by atoms with Crippen molar-refractivity contribution < 1.29 is 4.74 Å². The lowest BCUT2D eigenvalue weighted by atomic mass is 10.5. The van der Waals surface area contributed by atoms with Crippen LogP contribution < -0.4 is 0 Å². The highest BCUT2D eigenvalue weighted by atomic mass is 28.1. The predicted octanol–water partition coefficient (Wildman–Crippen LogP) is 0.927. The molecule has 7 heavy (non-hydrogen) atoms. The Morgan fingerprint density at radius 2 is 2.14 bits per heavy atom. The van der Waals surface area contributed by atoms with E-state index < -0.39 is 0 Å². The summed E-state index contributed by atoms with van der Waals surface area (Å²) in [5.74, 6) is 0. The highest BCUT2D eigenvalue weighted by molar-refractivity contribution is 6.10. The van der Waals surface area contributed by atoms with Gasteiger partial charge in [-0.1, -0.05) is 6.92 Å². The molecule has 1 unspecified atom stereocenters. The SMILES string of the molecule is CCOC([Si])CC. The lowest BCUT2D eigenvalue weighted by Crippen LogP contribution is -2.09. The molecule has 3 radical (unpaired) electrons. The van der Waals surface area contributed by atoms with Crippen molar-refractivity contribution >= 4 is 10.2 Å². The average molecular weight is 115 g/mol. The first-order valence-electron chi connectivity index (χ1n) is 2.64. The van der Waals surface area contributed by atoms with Gasteiger partial charge in [-0.05, 0) is 13.3 Å². The fourth-order valence-electron chi connectivity index (χ4n) is 0.319. The molecule has 1 nitrogen and oxygen atoms in total. The topological polar surface area (TPSA) is 9.23 Å². The van der Waals surface area contributed by atoms with E-state index in [0.29, 0.717) is 0 Å². The van der Waals surface area contributed by atoms with Crippen molar-refractivity contribution in [1.29, 1.82) is 0 Å². The maximum Gasteiger partial charge on any atom is 0.0657 e. The minimum absolute atomic E-state index is 0.255. The van der Waals surface area contributed by atoms with Crippen molar-refractivity contribution in [3.8, 4) is 0 Å². The van der Waals surface area contributed by atoms with Gasteiger partial charge in [0.05, 0.1) is 10.2 Å². The van der Waals surface area contributed by atoms with Crippen molar-refractivity contribution in [1.82, 2.24) is 0 Å². The van der Waals surface area contributed by atoms with Crippen molar-refractivity contribution in [2.45, 2.75) is 26.0 Å². The van der Waals surface area contributed by atoms with Crippen LogP contribution in [0.4, 0.5) is 0 Å². The van der Waals surface area contributed by atoms with Gasteiger partial charge in [0.15, 0.2) is 0 Å². The van der Waals surface area contributed by atoms with E-state index in [1.165, 1.54) is 0 Å². The fraction of sp³-hybridized carbons (Fsp3) is 1.00. The van der Waals surface area contributed by atoms with E-state index in [-0.39, 0.29) is 5.73 Å². The zero-order valence-corrected chi connectivity index (χ0v) is 5.90. The summed E-state index contributed by atoms with van der Waals surface area (Å²) in [5.41, 5.74) is 0.255. The van der Waals surface area contributed by atoms with Gasteiger partial charge in [0.1, 0.15) is 0 Å². The highest BCUT2D eigenvalue weighted by Crippen LogP contribution is 1.88. The van der Waals surface area contributed by atoms with Crippen LogP contribution in [-0.4, -0.2) is 22.6 Å². The molecule has 0 aromatic rings. The lowest BCUT2D eigenvalue weighted by Gasteiger charge is -2.05. The van der Waals surface area contributed by atoms with E-state index in [2.05, 4.69) is 17.2 Å². The summed E-state index contributed by atoms with van der Waals surface area (Å²) in [6.45, 7) is 4.86. The van der Waals surface area contributed by atoms with E-state index in [0.717, 1.165) is 13.0 Å². The molecule has 0 aromatic heterocycles. The van der Waals surface area contributed by atoms with Gasteiger partial charge in [0, 0.05) is 12.3 Å². The van der Waals surface area contributed by atoms with Crippen LogP contribution in [0.15, 0.2) is 0 Å². The van der Waals surface area contributed by atoms with Crippen LogP contribution in [0.5, 0.6) is 0 Å². The molecule has 0 amide bonds. The Balaban J connectivity index is 2.83. The van der Waals surface area contributed by atoms with E-state index in [9.17, 15) is 0 Å². The quantitative estimate of drug-likeness (QED) is 0.497. The molecule has 1 atom stereocenters. The summed E-state index contributed by atoms with van der Waals surface area (Å²) in [6.07, 6.45) is 1.03. The van der Waals surface area contributed by atoms with Gasteiger partial charge >= 0.3 is 0 Å². The first-order chi connectivity index (χ1) is 3.31. The zero-order chi connectivity index (χ0) is 5.70. The summed E-state index contributed by atoms with van der Waals surface area (Å²) >= 11 is 0. The lowest BCUT2D eigenvalue weighted by molar-refractivity contribution is 0.117. The van der Waals surface area contributed by atoms with Crippen LogP contribution in [-0.2, 0) is 4.74 Å². The van der Waals surface area contributed by atoms with Crippen LogP contribution in [0.25, 0.3) is 0 Å². The normalized spacial score (nSPS) is 14.1. The maximum absolute atomic E-state index is 5.10. The average Bonchev–Trinajstić information content (AvgIpc) is 1.68. The second kappa shape index (κ2) is 4.34. The van der Waals surface area contributed by atoms with E-state index in [1.54, 1.807) is 0 Å². The third-order valence-electron chi connectivity index (χ3n) is 0.739. The minimum Gasteiger partial charge on any atom is -0.383 e. The van der Waals surface area contributed by atoms with E-state index in [1.807, 2.05) is 6.92 Å². The summed E-state index contributed by atoms with van der Waals surface area (Å²) in [7, 11) is 3.36. The number of hydrogen-bond donors (Lipinski definition) is 0. The molecule has 0 spiro atoms. The van der Waals surface area contributed by atoms with Gasteiger partial charge in [-0.15, -0.1) is 0 Å². The molecule has 0 aromatic carbocycles. The first-order valence-corrected chi connectivity index (χ1v) is 3.21. The third kappa shape index (κ3) is 4.02. The highest BCUT2D eigenvalue weighted by Gasteiger charge is 1.92. The standard InChI is InChI=1S/C5H11OSi/c1-3-5(7)6-4-2/h5H,3-4H2,1-2H3. The Morgan fingerprint density at radius 1 is 1.57 bits per heavy atom. The maximum atomic E-state index is 5.10. The molecule has 0 bridgehead atoms. The molecule has 41 valence electrons. The van der Waals surface area contributed by atoms with Gasteiger partial charge in [0.25, 0.3) is 0 Å². The molecular weight excluding hydrogens is 104 g/mol. The Bertz CT molecular complexity index is 39.1. The number of hydrogen-bond acceptors (Lipinski definition) is 1. The van der Waals surface area contributed by atoms with Crippen molar-refractivity contribution in [3.05, 3.63) is 0 Å². The van der Waals surface area contributed by atoms with Gasteiger partial charge in [-0.25, -0.2) is 0 Å². The van der Waals surface area contributed by atoms with Crippen LogP contribution in [0.3, 0.4) is 0 Å². The summed E-state index contributed by atoms with van der Waals surface area (Å²) in [6, 6.07) is 0. The molecule has 0 aliphatic heterocycles. The smallest absolute Gasteiger partial charge is 0.0657 e. The van der Waals surface area contributed by atoms with Gasteiger partial charge in [-0.2, -0.15) is 0 Å². The molecular formula is C5H11OSi. The number of rotatable bonds is 3. The molecule has 0 heterocycles. The van der Waals surface area contributed by atoms with Gasteiger partial charge in [0.2, 0.25) is 0 Å². The predicted molar refractivity (Wildman–Crippen MR) is 31.5 cm³/mol. The Labute approximate surface area is 48.5 Å². The van der Waals surface area contributed by atoms with Crippen molar-refractivity contribution in [2.75, 3.05) is 6.61 Å². The van der Waals surface area contributed by atoms with Crippen LogP contribution in [0, 0.1) is 0 Å². The largest absolute Gasteiger partial charge is 0.383 e. The second-order valence-electron chi connectivity index (χ2n) is 1.35. The molecule has 0 aliphatic rings. The van der Waals surface area contributed by atoms with Gasteiger partial charge < -0.3 is 4.74 Å². The van der Waals surface area contributed by atoms with E-state index in [4.69, 9.17) is 4.74 Å². The minimum atomic E-state index is 0.255. The third-order valence-corrected chi connectivity index (χ3v) is 1.31. The van der Waals surface area contributed by atoms with Gasteiger partial charge in [-0.3, -0.25) is 0 Å². The first kappa shape index (κ1) is 7.18. The van der Waals surface area contributed by atoms with Crippen molar-refractivity contribution in [3.63, 3.8) is 0 Å². The summed E-state index contributed by atoms with van der Waals surface area (Å²) < 4.78 is 5.10. The molecule has 0 aliphatic carbocycles. The van der Waals surface area contributed by atoms with E-state index >= 15 is 0 Å². The molecule has 0 N–H and O–H groups in total. The monoisotopic (exact) mass is 115 g/mol. The molecule has 0 saturated heterocycles. The van der Waals surface area contributed by atoms with Crippen LogP contribution >= 0.6 is 0 Å². The summed E-state index contributed by atoms with van der Waals surface area (Å²) in [5, 5.41) is 0. The Kier molecular flexibility index (Phi) is 4.45. The fourth-order valence-corrected chi connectivity index (χ4v) is 0.486. The molecule has 0 rings (SSSR count). The second-order valence-corrected chi connectivity index (χ2v) is 2.00. The van der Waals surface area contributed by atoms with Crippen molar-refractivity contribution in [2.24, 2.45) is 0 Å². The number of ether oxygens (including phenoxy) is 1. The molecule has 2 heteroatoms.